The van der Waals surface area contributed by atoms with Gasteiger partial charge < -0.3 is 9.84 Å². The molecule has 0 aliphatic rings. The number of carbonyl (C=O) groups is 2. The molecule has 0 spiro atoms. The van der Waals surface area contributed by atoms with Crippen LogP contribution in [0.3, 0.4) is 0 Å². The number of nitrogens with zero attached hydrogens (tertiary/aromatic N) is 3. The molecule has 0 atom stereocenters. The first-order chi connectivity index (χ1) is 14.2. The van der Waals surface area contributed by atoms with Gasteiger partial charge in [-0.3, -0.25) is 4.68 Å². The summed E-state index contributed by atoms with van der Waals surface area (Å²) < 4.78 is 7.14. The van der Waals surface area contributed by atoms with Crippen LogP contribution in [-0.4, -0.2) is 37.4 Å². The number of aromatic carboxylic acids is 1. The Morgan fingerprint density at radius 3 is 2.57 bits per heavy atom. The molecule has 2 aromatic heterocycles. The van der Waals surface area contributed by atoms with Crippen molar-refractivity contribution < 1.29 is 19.4 Å². The molecule has 0 unspecified atom stereocenters. The number of fused-ring (bicyclic) bond motifs is 2. The number of ether oxygens (including phenoxy) is 1. The number of esters is 1. The minimum Gasteiger partial charge on any atom is -0.478 e. The van der Waals surface area contributed by atoms with Crippen molar-refractivity contribution in [3.63, 3.8) is 0 Å². The molecule has 0 amide bonds. The molecule has 0 saturated heterocycles. The second-order valence-corrected chi connectivity index (χ2v) is 8.12. The Kier molecular flexibility index (Phi) is 4.73. The van der Waals surface area contributed by atoms with Crippen molar-refractivity contribution in [2.24, 2.45) is 0 Å². The van der Waals surface area contributed by atoms with Gasteiger partial charge in [0.2, 0.25) is 0 Å². The minimum atomic E-state index is -1.04. The average molecular weight is 403 g/mol. The zero-order valence-electron chi connectivity index (χ0n) is 16.9. The maximum atomic E-state index is 13.0. The predicted molar refractivity (Wildman–Crippen MR) is 113 cm³/mol. The maximum Gasteiger partial charge on any atom is 0.339 e. The topological polar surface area (TPSA) is 94.3 Å². The third-order valence-corrected chi connectivity index (χ3v) is 4.54. The van der Waals surface area contributed by atoms with E-state index in [-0.39, 0.29) is 5.56 Å². The van der Waals surface area contributed by atoms with Gasteiger partial charge in [0.1, 0.15) is 5.60 Å². The SMILES string of the molecule is CC(C)(C)OC(=O)c1cc(Cn2cc(C(=O)O)cn2)cc2nc3ccccc3cc12. The van der Waals surface area contributed by atoms with Crippen LogP contribution < -0.4 is 0 Å². The van der Waals surface area contributed by atoms with E-state index in [0.717, 1.165) is 16.5 Å². The molecule has 0 saturated carbocycles. The van der Waals surface area contributed by atoms with E-state index in [1.807, 2.05) is 57.2 Å². The lowest BCUT2D eigenvalue weighted by atomic mass is 10.0. The Morgan fingerprint density at radius 1 is 1.10 bits per heavy atom. The Balaban J connectivity index is 1.85. The molecule has 0 aliphatic heterocycles. The fraction of sp³-hybridized carbons (Fsp3) is 0.217. The van der Waals surface area contributed by atoms with Crippen LogP contribution in [0.2, 0.25) is 0 Å². The van der Waals surface area contributed by atoms with E-state index in [1.165, 1.54) is 17.1 Å². The van der Waals surface area contributed by atoms with Crippen molar-refractivity contribution in [2.45, 2.75) is 32.9 Å². The van der Waals surface area contributed by atoms with E-state index in [1.54, 1.807) is 6.07 Å². The lowest BCUT2D eigenvalue weighted by Gasteiger charge is -2.20. The molecule has 7 heteroatoms. The largest absolute Gasteiger partial charge is 0.478 e. The number of carboxylic acids is 1. The van der Waals surface area contributed by atoms with Gasteiger partial charge in [0, 0.05) is 17.0 Å². The zero-order valence-corrected chi connectivity index (χ0v) is 16.9. The Labute approximate surface area is 172 Å². The number of rotatable bonds is 4. The van der Waals surface area contributed by atoms with Crippen LogP contribution in [0.1, 0.15) is 47.1 Å². The molecular weight excluding hydrogens is 382 g/mol. The van der Waals surface area contributed by atoms with Crippen molar-refractivity contribution in [1.29, 1.82) is 0 Å². The smallest absolute Gasteiger partial charge is 0.339 e. The molecule has 0 aliphatic carbocycles. The zero-order chi connectivity index (χ0) is 21.5. The summed E-state index contributed by atoms with van der Waals surface area (Å²) in [5.74, 6) is -1.47. The van der Waals surface area contributed by atoms with Gasteiger partial charge in [-0.2, -0.15) is 5.10 Å². The average Bonchev–Trinajstić information content (AvgIpc) is 3.13. The molecule has 4 aromatic rings. The van der Waals surface area contributed by atoms with Crippen LogP contribution >= 0.6 is 0 Å². The van der Waals surface area contributed by atoms with E-state index in [4.69, 9.17) is 14.8 Å². The van der Waals surface area contributed by atoms with Gasteiger partial charge in [-0.15, -0.1) is 0 Å². The summed E-state index contributed by atoms with van der Waals surface area (Å²) in [4.78, 5) is 28.8. The normalized spacial score (nSPS) is 11.7. The Hall–Kier alpha value is -3.74. The number of carbonyl (C=O) groups excluding carboxylic acids is 1. The van der Waals surface area contributed by atoms with Crippen molar-refractivity contribution in [3.05, 3.63) is 71.5 Å². The summed E-state index contributed by atoms with van der Waals surface area (Å²) in [5, 5.41) is 14.8. The van der Waals surface area contributed by atoms with Crippen LogP contribution in [0.4, 0.5) is 0 Å². The van der Waals surface area contributed by atoms with Crippen LogP contribution in [0.25, 0.3) is 21.8 Å². The summed E-state index contributed by atoms with van der Waals surface area (Å²) in [6.07, 6.45) is 2.75. The van der Waals surface area contributed by atoms with Gasteiger partial charge in [-0.05, 0) is 50.6 Å². The molecule has 4 rings (SSSR count). The quantitative estimate of drug-likeness (QED) is 0.404. The second-order valence-electron chi connectivity index (χ2n) is 8.12. The third kappa shape index (κ3) is 4.00. The monoisotopic (exact) mass is 403 g/mol. The van der Waals surface area contributed by atoms with Crippen molar-refractivity contribution in [1.82, 2.24) is 14.8 Å². The van der Waals surface area contributed by atoms with E-state index in [2.05, 4.69) is 5.10 Å². The summed E-state index contributed by atoms with van der Waals surface area (Å²) in [7, 11) is 0. The summed E-state index contributed by atoms with van der Waals surface area (Å²) in [6.45, 7) is 5.76. The number of hydrogen-bond donors (Lipinski definition) is 1. The third-order valence-electron chi connectivity index (χ3n) is 4.54. The van der Waals surface area contributed by atoms with Crippen LogP contribution in [0.5, 0.6) is 0 Å². The molecule has 1 N–H and O–H groups in total. The number of benzene rings is 2. The second kappa shape index (κ2) is 7.26. The van der Waals surface area contributed by atoms with Crippen molar-refractivity contribution >= 4 is 33.7 Å². The van der Waals surface area contributed by atoms with Gasteiger partial charge in [0.05, 0.1) is 34.9 Å². The first-order valence-corrected chi connectivity index (χ1v) is 9.51. The van der Waals surface area contributed by atoms with E-state index in [0.29, 0.717) is 23.0 Å². The fourth-order valence-corrected chi connectivity index (χ4v) is 3.28. The van der Waals surface area contributed by atoms with E-state index in [9.17, 15) is 9.59 Å². The van der Waals surface area contributed by atoms with Gasteiger partial charge >= 0.3 is 11.9 Å². The summed E-state index contributed by atoms with van der Waals surface area (Å²) >= 11 is 0. The first-order valence-electron chi connectivity index (χ1n) is 9.51. The molecular formula is C23H21N3O4. The molecule has 7 nitrogen and oxygen atoms in total. The highest BCUT2D eigenvalue weighted by Crippen LogP contribution is 2.26. The Morgan fingerprint density at radius 2 is 1.87 bits per heavy atom. The molecule has 2 heterocycles. The number of aromatic nitrogens is 3. The van der Waals surface area contributed by atoms with E-state index < -0.39 is 17.5 Å². The lowest BCUT2D eigenvalue weighted by Crippen LogP contribution is -2.24. The van der Waals surface area contributed by atoms with Crippen molar-refractivity contribution in [3.8, 4) is 0 Å². The van der Waals surface area contributed by atoms with Gasteiger partial charge in [0.15, 0.2) is 0 Å². The van der Waals surface area contributed by atoms with Crippen molar-refractivity contribution in [2.75, 3.05) is 0 Å². The number of pyridine rings is 1. The highest BCUT2D eigenvalue weighted by Gasteiger charge is 2.21. The first kappa shape index (κ1) is 19.6. The molecule has 30 heavy (non-hydrogen) atoms. The lowest BCUT2D eigenvalue weighted by molar-refractivity contribution is 0.00715. The van der Waals surface area contributed by atoms with Crippen LogP contribution in [-0.2, 0) is 11.3 Å². The fourth-order valence-electron chi connectivity index (χ4n) is 3.28. The molecule has 0 bridgehead atoms. The minimum absolute atomic E-state index is 0.104. The molecule has 2 aromatic carbocycles. The molecule has 0 fully saturated rings. The van der Waals surface area contributed by atoms with Crippen LogP contribution in [0, 0.1) is 0 Å². The number of para-hydroxylation sites is 1. The van der Waals surface area contributed by atoms with Gasteiger partial charge in [-0.1, -0.05) is 18.2 Å². The standard InChI is InChI=1S/C23H21N3O4/c1-23(2,3)30-22(29)18-8-14(12-26-13-16(11-24-26)21(27)28)9-20-17(18)10-15-6-4-5-7-19(15)25-20/h4-11,13H,12H2,1-3H3,(H,27,28). The highest BCUT2D eigenvalue weighted by atomic mass is 16.6. The molecule has 0 radical (unpaired) electrons. The predicted octanol–water partition coefficient (Wildman–Crippen LogP) is 4.29. The number of hydrogen-bond acceptors (Lipinski definition) is 5. The maximum absolute atomic E-state index is 13.0. The Bertz CT molecular complexity index is 1280. The van der Waals surface area contributed by atoms with Crippen LogP contribution in [0.15, 0.2) is 54.9 Å². The van der Waals surface area contributed by atoms with Gasteiger partial charge in [0.25, 0.3) is 0 Å². The molecule has 152 valence electrons. The van der Waals surface area contributed by atoms with E-state index >= 15 is 0 Å². The summed E-state index contributed by atoms with van der Waals surface area (Å²) in [6, 6.07) is 13.3. The number of carboxylic acid groups (broad SMARTS) is 1. The highest BCUT2D eigenvalue weighted by molar-refractivity contribution is 6.07. The summed E-state index contributed by atoms with van der Waals surface area (Å²) in [5.41, 5.74) is 2.14. The van der Waals surface area contributed by atoms with Gasteiger partial charge in [-0.25, -0.2) is 14.6 Å².